The maximum absolute atomic E-state index is 13.0. The molecule has 1 amide bonds. The number of hydrogen-bond donors (Lipinski definition) is 1. The maximum atomic E-state index is 13.0. The van der Waals surface area contributed by atoms with Gasteiger partial charge in [0.15, 0.2) is 0 Å². The van der Waals surface area contributed by atoms with E-state index < -0.39 is 11.7 Å². The highest BCUT2D eigenvalue weighted by atomic mass is 32.1. The zero-order valence-electron chi connectivity index (χ0n) is 19.9. The molecule has 4 rings (SSSR count). The Bertz CT molecular complexity index is 1030. The van der Waals surface area contributed by atoms with Crippen molar-refractivity contribution >= 4 is 33.0 Å². The number of halogens is 3. The molecule has 0 spiro atoms. The normalized spacial score (nSPS) is 21.7. The first-order chi connectivity index (χ1) is 16.8. The van der Waals surface area contributed by atoms with Gasteiger partial charge in [-0.15, -0.1) is 11.3 Å². The molecular weight excluding hydrogens is 473 g/mol. The summed E-state index contributed by atoms with van der Waals surface area (Å²) in [4.78, 5) is 16.8. The van der Waals surface area contributed by atoms with Gasteiger partial charge in [0.2, 0.25) is 5.91 Å². The molecule has 190 valence electrons. The number of anilines is 1. The fraction of sp³-hybridized carbons (Fsp3) is 0.615. The zero-order chi connectivity index (χ0) is 24.8. The van der Waals surface area contributed by atoms with Crippen LogP contribution in [-0.4, -0.2) is 49.6 Å². The largest absolute Gasteiger partial charge is 0.416 e. The molecular formula is C26H33F3N4OS. The Morgan fingerprint density at radius 3 is 2.57 bits per heavy atom. The molecule has 2 aliphatic rings. The van der Waals surface area contributed by atoms with Crippen LogP contribution < -0.4 is 10.2 Å². The van der Waals surface area contributed by atoms with Crippen molar-refractivity contribution in [1.29, 1.82) is 5.26 Å². The van der Waals surface area contributed by atoms with Crippen molar-refractivity contribution in [1.82, 2.24) is 10.2 Å². The first-order valence-electron chi connectivity index (χ1n) is 12.6. The van der Waals surface area contributed by atoms with Crippen LogP contribution in [0.4, 0.5) is 18.9 Å². The minimum atomic E-state index is -4.31. The predicted molar refractivity (Wildman–Crippen MR) is 133 cm³/mol. The van der Waals surface area contributed by atoms with Crippen LogP contribution in [0.1, 0.15) is 56.9 Å². The third-order valence-corrected chi connectivity index (χ3v) is 8.29. The van der Waals surface area contributed by atoms with Crippen molar-refractivity contribution in [3.05, 3.63) is 29.1 Å². The van der Waals surface area contributed by atoms with Crippen molar-refractivity contribution in [2.75, 3.05) is 37.6 Å². The van der Waals surface area contributed by atoms with E-state index in [1.165, 1.54) is 29.9 Å². The number of hydrogen-bond acceptors (Lipinski definition) is 5. The third kappa shape index (κ3) is 6.89. The van der Waals surface area contributed by atoms with Gasteiger partial charge in [0.25, 0.3) is 0 Å². The molecule has 0 radical (unpaired) electrons. The molecule has 0 bridgehead atoms. The lowest BCUT2D eigenvalue weighted by molar-refractivity contribution is -0.137. The number of nitrogens with zero attached hydrogens (tertiary/aromatic N) is 3. The number of rotatable bonds is 8. The van der Waals surface area contributed by atoms with Crippen LogP contribution in [0.5, 0.6) is 0 Å². The van der Waals surface area contributed by atoms with Crippen LogP contribution in [-0.2, 0) is 11.0 Å². The molecule has 1 aromatic heterocycles. The molecule has 1 aliphatic carbocycles. The lowest BCUT2D eigenvalue weighted by atomic mass is 9.84. The highest BCUT2D eigenvalue weighted by molar-refractivity contribution is 7.17. The SMILES string of the molecule is N#CCCCC(=O)NC1CCC(CCN2CCN(c3csc4cc(C(F)(F)F)ccc34)CC2)CC1. The van der Waals surface area contributed by atoms with E-state index in [2.05, 4.69) is 21.2 Å². The van der Waals surface area contributed by atoms with Gasteiger partial charge in [-0.1, -0.05) is 6.07 Å². The summed E-state index contributed by atoms with van der Waals surface area (Å²) in [5, 5.41) is 14.6. The smallest absolute Gasteiger partial charge is 0.368 e. The van der Waals surface area contributed by atoms with Crippen LogP contribution in [0.2, 0.25) is 0 Å². The molecule has 2 heterocycles. The topological polar surface area (TPSA) is 59.4 Å². The van der Waals surface area contributed by atoms with Gasteiger partial charge in [-0.05, 0) is 63.1 Å². The van der Waals surface area contributed by atoms with Gasteiger partial charge < -0.3 is 10.2 Å². The number of nitrogens with one attached hydrogen (secondary N) is 1. The van der Waals surface area contributed by atoms with E-state index in [1.807, 2.05) is 5.38 Å². The average molecular weight is 507 g/mol. The Kier molecular flexibility index (Phi) is 8.55. The van der Waals surface area contributed by atoms with Crippen LogP contribution in [0.3, 0.4) is 0 Å². The Hall–Kier alpha value is -2.31. The minimum absolute atomic E-state index is 0.0702. The van der Waals surface area contributed by atoms with Crippen molar-refractivity contribution in [2.45, 2.75) is 63.6 Å². The molecule has 9 heteroatoms. The number of unbranched alkanes of at least 4 members (excludes halogenated alkanes) is 1. The number of carbonyl (C=O) groups excluding carboxylic acids is 1. The fourth-order valence-electron chi connectivity index (χ4n) is 5.24. The van der Waals surface area contributed by atoms with Gasteiger partial charge in [0.1, 0.15) is 0 Å². The van der Waals surface area contributed by atoms with Crippen LogP contribution in [0.15, 0.2) is 23.6 Å². The van der Waals surface area contributed by atoms with Crippen molar-refractivity contribution in [2.24, 2.45) is 5.92 Å². The molecule has 2 aromatic rings. The molecule has 0 unspecified atom stereocenters. The second-order valence-electron chi connectivity index (χ2n) is 9.74. The molecule has 0 atom stereocenters. The predicted octanol–water partition coefficient (Wildman–Crippen LogP) is 5.80. The molecule has 1 N–H and O–H groups in total. The Labute approximate surface area is 208 Å². The lowest BCUT2D eigenvalue weighted by Crippen LogP contribution is -2.47. The van der Waals surface area contributed by atoms with Gasteiger partial charge in [-0.25, -0.2) is 0 Å². The number of carbonyl (C=O) groups is 1. The number of amides is 1. The summed E-state index contributed by atoms with van der Waals surface area (Å²) in [6.07, 6.45) is 2.71. The summed E-state index contributed by atoms with van der Waals surface area (Å²) < 4.78 is 39.7. The molecule has 35 heavy (non-hydrogen) atoms. The molecule has 1 saturated carbocycles. The first-order valence-corrected chi connectivity index (χ1v) is 13.4. The van der Waals surface area contributed by atoms with Gasteiger partial charge >= 0.3 is 6.18 Å². The number of nitriles is 1. The van der Waals surface area contributed by atoms with Gasteiger partial charge in [-0.3, -0.25) is 9.69 Å². The summed E-state index contributed by atoms with van der Waals surface area (Å²) in [5.74, 6) is 0.768. The van der Waals surface area contributed by atoms with Crippen molar-refractivity contribution in [3.63, 3.8) is 0 Å². The van der Waals surface area contributed by atoms with E-state index in [4.69, 9.17) is 5.26 Å². The van der Waals surface area contributed by atoms with Crippen molar-refractivity contribution in [3.8, 4) is 6.07 Å². The van der Waals surface area contributed by atoms with E-state index in [1.54, 1.807) is 6.07 Å². The Morgan fingerprint density at radius 2 is 1.89 bits per heavy atom. The first kappa shape index (κ1) is 25.8. The number of benzene rings is 1. The number of alkyl halides is 3. The monoisotopic (exact) mass is 506 g/mol. The zero-order valence-corrected chi connectivity index (χ0v) is 20.8. The number of piperazine rings is 1. The van der Waals surface area contributed by atoms with Crippen LogP contribution in [0.25, 0.3) is 10.1 Å². The average Bonchev–Trinajstić information content (AvgIpc) is 3.27. The fourth-order valence-corrected chi connectivity index (χ4v) is 6.25. The Morgan fingerprint density at radius 1 is 1.14 bits per heavy atom. The molecule has 1 saturated heterocycles. The quantitative estimate of drug-likeness (QED) is 0.460. The van der Waals surface area contributed by atoms with Gasteiger partial charge in [0, 0.05) is 60.5 Å². The summed E-state index contributed by atoms with van der Waals surface area (Å²) in [5.41, 5.74) is 0.460. The third-order valence-electron chi connectivity index (χ3n) is 7.35. The van der Waals surface area contributed by atoms with E-state index >= 15 is 0 Å². The van der Waals surface area contributed by atoms with E-state index in [9.17, 15) is 18.0 Å². The van der Waals surface area contributed by atoms with Crippen LogP contribution >= 0.6 is 11.3 Å². The number of thiophene rings is 1. The second kappa shape index (κ2) is 11.6. The van der Waals surface area contributed by atoms with Gasteiger partial charge in [-0.2, -0.15) is 18.4 Å². The summed E-state index contributed by atoms with van der Waals surface area (Å²) in [6, 6.07) is 6.41. The summed E-state index contributed by atoms with van der Waals surface area (Å²) >= 11 is 1.38. The van der Waals surface area contributed by atoms with E-state index in [-0.39, 0.29) is 11.9 Å². The second-order valence-corrected chi connectivity index (χ2v) is 10.7. The highest BCUT2D eigenvalue weighted by Crippen LogP contribution is 2.38. The summed E-state index contributed by atoms with van der Waals surface area (Å²) in [7, 11) is 0. The lowest BCUT2D eigenvalue weighted by Gasteiger charge is -2.37. The van der Waals surface area contributed by atoms with Gasteiger partial charge in [0.05, 0.1) is 17.3 Å². The van der Waals surface area contributed by atoms with Crippen molar-refractivity contribution < 1.29 is 18.0 Å². The standard InChI is InChI=1S/C26H33F3N4OS/c27-26(28,29)20-6-9-22-23(18-35-24(22)17-20)33-15-13-32(14-16-33)12-10-19-4-7-21(8-5-19)31-25(34)3-1-2-11-30/h6,9,17-19,21H,1-5,7-8,10,12-16H2,(H,31,34). The minimum Gasteiger partial charge on any atom is -0.368 e. The van der Waals surface area contributed by atoms with Crippen LogP contribution in [0, 0.1) is 17.2 Å². The highest BCUT2D eigenvalue weighted by Gasteiger charge is 2.31. The maximum Gasteiger partial charge on any atom is 0.416 e. The van der Waals surface area contributed by atoms with E-state index in [0.29, 0.717) is 29.9 Å². The Balaban J connectivity index is 1.18. The molecule has 5 nitrogen and oxygen atoms in total. The van der Waals surface area contributed by atoms with E-state index in [0.717, 1.165) is 69.5 Å². The molecule has 1 aromatic carbocycles. The number of fused-ring (bicyclic) bond motifs is 1. The molecule has 2 fully saturated rings. The summed E-state index contributed by atoms with van der Waals surface area (Å²) in [6.45, 7) is 4.77. The molecule has 1 aliphatic heterocycles.